The van der Waals surface area contributed by atoms with Crippen LogP contribution in [0.4, 0.5) is 5.69 Å². The summed E-state index contributed by atoms with van der Waals surface area (Å²) >= 11 is 5.11. The lowest BCUT2D eigenvalue weighted by atomic mass is 10.1. The smallest absolute Gasteiger partial charge is 0.241 e. The highest BCUT2D eigenvalue weighted by Gasteiger charge is 2.18. The number of nitrogens with one attached hydrogen (secondary N) is 1. The van der Waals surface area contributed by atoms with E-state index in [1.54, 1.807) is 35.6 Å². The number of carbonyl (C=O) groups excluding carboxylic acids is 2. The van der Waals surface area contributed by atoms with Crippen molar-refractivity contribution in [3.63, 3.8) is 0 Å². The van der Waals surface area contributed by atoms with Gasteiger partial charge < -0.3 is 5.32 Å². The van der Waals surface area contributed by atoms with E-state index >= 15 is 0 Å². The number of Topliss-reactive ketones (excluding diaryl/α,β-unsaturated/α-hetero) is 1. The molecule has 23 heavy (non-hydrogen) atoms. The van der Waals surface area contributed by atoms with Crippen LogP contribution in [0.25, 0.3) is 0 Å². The van der Waals surface area contributed by atoms with Crippen molar-refractivity contribution < 1.29 is 9.59 Å². The van der Waals surface area contributed by atoms with Gasteiger partial charge in [-0.2, -0.15) is 0 Å². The second kappa shape index (κ2) is 7.86. The molecule has 0 radical (unpaired) electrons. The van der Waals surface area contributed by atoms with Crippen LogP contribution in [0.5, 0.6) is 0 Å². The van der Waals surface area contributed by atoms with Crippen molar-refractivity contribution in [1.29, 1.82) is 0 Å². The van der Waals surface area contributed by atoms with Crippen LogP contribution in [-0.2, 0) is 11.3 Å². The predicted molar refractivity (Wildman–Crippen MR) is 98.0 cm³/mol. The van der Waals surface area contributed by atoms with E-state index in [0.29, 0.717) is 17.8 Å². The van der Waals surface area contributed by atoms with Gasteiger partial charge in [-0.15, -0.1) is 11.3 Å². The van der Waals surface area contributed by atoms with Gasteiger partial charge >= 0.3 is 0 Å². The molecule has 0 aliphatic heterocycles. The van der Waals surface area contributed by atoms with E-state index in [4.69, 9.17) is 0 Å². The lowest BCUT2D eigenvalue weighted by Gasteiger charge is -2.23. The molecule has 0 aliphatic carbocycles. The maximum absolute atomic E-state index is 12.3. The van der Waals surface area contributed by atoms with Gasteiger partial charge in [0.15, 0.2) is 5.78 Å². The predicted octanol–water partition coefficient (Wildman–Crippen LogP) is 4.17. The van der Waals surface area contributed by atoms with Crippen molar-refractivity contribution in [3.05, 3.63) is 50.6 Å². The molecule has 1 amide bonds. The fourth-order valence-electron chi connectivity index (χ4n) is 2.05. The summed E-state index contributed by atoms with van der Waals surface area (Å²) in [6.45, 7) is 4.11. The number of benzene rings is 1. The zero-order valence-electron chi connectivity index (χ0n) is 13.3. The van der Waals surface area contributed by atoms with Crippen molar-refractivity contribution in [3.8, 4) is 0 Å². The van der Waals surface area contributed by atoms with Crippen molar-refractivity contribution in [2.45, 2.75) is 26.4 Å². The number of halogens is 1. The monoisotopic (exact) mass is 394 g/mol. The number of rotatable bonds is 6. The van der Waals surface area contributed by atoms with Crippen LogP contribution >= 0.6 is 27.3 Å². The van der Waals surface area contributed by atoms with Crippen LogP contribution in [0.1, 0.15) is 29.1 Å². The molecule has 1 aromatic heterocycles. The zero-order chi connectivity index (χ0) is 17.0. The molecule has 122 valence electrons. The average Bonchev–Trinajstić information content (AvgIpc) is 2.92. The third kappa shape index (κ3) is 4.99. The summed E-state index contributed by atoms with van der Waals surface area (Å²) in [6.07, 6.45) is 0. The Bertz CT molecular complexity index is 697. The van der Waals surface area contributed by atoms with Crippen LogP contribution in [0.3, 0.4) is 0 Å². The summed E-state index contributed by atoms with van der Waals surface area (Å²) < 4.78 is 1.09. The molecule has 0 aliphatic rings. The SMILES string of the molecule is CC(=O)c1ccc(NC(=O)[C@@H](C)N(C)Cc2ccc(Br)s2)cc1. The van der Waals surface area contributed by atoms with Crippen LogP contribution in [0.2, 0.25) is 0 Å². The standard InChI is InChI=1S/C17H19BrN2O2S/c1-11(20(3)10-15-8-9-16(18)23-15)17(22)19-14-6-4-13(5-7-14)12(2)21/h4-9,11H,10H2,1-3H3,(H,19,22)/t11-/m1/s1. The highest BCUT2D eigenvalue weighted by Crippen LogP contribution is 2.23. The molecule has 0 fully saturated rings. The van der Waals surface area contributed by atoms with E-state index in [0.717, 1.165) is 3.79 Å². The van der Waals surface area contributed by atoms with E-state index in [9.17, 15) is 9.59 Å². The number of amides is 1. The average molecular weight is 395 g/mol. The van der Waals surface area contributed by atoms with Gasteiger partial charge in [-0.25, -0.2) is 0 Å². The number of carbonyl (C=O) groups is 2. The molecule has 1 aromatic carbocycles. The van der Waals surface area contributed by atoms with Gasteiger partial charge in [0.1, 0.15) is 0 Å². The number of hydrogen-bond donors (Lipinski definition) is 1. The van der Waals surface area contributed by atoms with Gasteiger partial charge in [0.2, 0.25) is 5.91 Å². The maximum Gasteiger partial charge on any atom is 0.241 e. The Hall–Kier alpha value is -1.50. The van der Waals surface area contributed by atoms with Gasteiger partial charge in [-0.05, 0) is 73.2 Å². The quantitative estimate of drug-likeness (QED) is 0.747. The first-order valence-electron chi connectivity index (χ1n) is 7.23. The molecule has 0 spiro atoms. The Kier molecular flexibility index (Phi) is 6.10. The summed E-state index contributed by atoms with van der Waals surface area (Å²) in [4.78, 5) is 26.8. The summed E-state index contributed by atoms with van der Waals surface area (Å²) in [5, 5.41) is 2.88. The highest BCUT2D eigenvalue weighted by molar-refractivity contribution is 9.11. The summed E-state index contributed by atoms with van der Waals surface area (Å²) in [7, 11) is 1.93. The third-order valence-electron chi connectivity index (χ3n) is 3.63. The molecule has 2 aromatic rings. The molecule has 2 rings (SSSR count). The minimum atomic E-state index is -0.261. The van der Waals surface area contributed by atoms with Gasteiger partial charge in [0, 0.05) is 22.7 Å². The Morgan fingerprint density at radius 2 is 1.87 bits per heavy atom. The topological polar surface area (TPSA) is 49.4 Å². The molecule has 1 N–H and O–H groups in total. The van der Waals surface area contributed by atoms with Gasteiger partial charge in [-0.3, -0.25) is 14.5 Å². The van der Waals surface area contributed by atoms with Crippen molar-refractivity contribution in [2.24, 2.45) is 0 Å². The van der Waals surface area contributed by atoms with Crippen LogP contribution < -0.4 is 5.32 Å². The Morgan fingerprint density at radius 1 is 1.22 bits per heavy atom. The molecule has 0 saturated heterocycles. The molecule has 0 bridgehead atoms. The number of hydrogen-bond acceptors (Lipinski definition) is 4. The first-order chi connectivity index (χ1) is 10.9. The molecule has 0 saturated carbocycles. The summed E-state index contributed by atoms with van der Waals surface area (Å²) in [6, 6.07) is 10.7. The number of likely N-dealkylation sites (N-methyl/N-ethyl adjacent to an activating group) is 1. The molecule has 4 nitrogen and oxygen atoms in total. The Balaban J connectivity index is 1.94. The maximum atomic E-state index is 12.3. The Morgan fingerprint density at radius 3 is 2.39 bits per heavy atom. The van der Waals surface area contributed by atoms with Gasteiger partial charge in [0.25, 0.3) is 0 Å². The minimum absolute atomic E-state index is 0.0121. The van der Waals surface area contributed by atoms with Crippen LogP contribution in [-0.4, -0.2) is 29.7 Å². The number of ketones is 1. The first-order valence-corrected chi connectivity index (χ1v) is 8.84. The third-order valence-corrected chi connectivity index (χ3v) is 5.24. The highest BCUT2D eigenvalue weighted by atomic mass is 79.9. The van der Waals surface area contributed by atoms with E-state index in [1.807, 2.05) is 24.9 Å². The fourth-order valence-corrected chi connectivity index (χ4v) is 3.60. The van der Waals surface area contributed by atoms with E-state index in [2.05, 4.69) is 27.3 Å². The number of thiophene rings is 1. The second-order valence-corrected chi connectivity index (χ2v) is 7.97. The zero-order valence-corrected chi connectivity index (χ0v) is 15.7. The van der Waals surface area contributed by atoms with E-state index < -0.39 is 0 Å². The summed E-state index contributed by atoms with van der Waals surface area (Å²) in [5.41, 5.74) is 1.33. The molecule has 6 heteroatoms. The first kappa shape index (κ1) is 17.8. The Labute approximate surface area is 148 Å². The van der Waals surface area contributed by atoms with Crippen LogP contribution in [0.15, 0.2) is 40.2 Å². The molecule has 0 unspecified atom stereocenters. The lowest BCUT2D eigenvalue weighted by Crippen LogP contribution is -2.39. The van der Waals surface area contributed by atoms with E-state index in [1.165, 1.54) is 11.8 Å². The van der Waals surface area contributed by atoms with E-state index in [-0.39, 0.29) is 17.7 Å². The number of anilines is 1. The second-order valence-electron chi connectivity index (χ2n) is 5.42. The van der Waals surface area contributed by atoms with Crippen LogP contribution in [0, 0.1) is 0 Å². The van der Waals surface area contributed by atoms with Crippen molar-refractivity contribution in [1.82, 2.24) is 4.90 Å². The fraction of sp³-hybridized carbons (Fsp3) is 0.294. The molecule has 1 atom stereocenters. The van der Waals surface area contributed by atoms with Crippen molar-refractivity contribution >= 4 is 44.6 Å². The van der Waals surface area contributed by atoms with Gasteiger partial charge in [0.05, 0.1) is 9.83 Å². The molecular weight excluding hydrogens is 376 g/mol. The van der Waals surface area contributed by atoms with Crippen molar-refractivity contribution in [2.75, 3.05) is 12.4 Å². The summed E-state index contributed by atoms with van der Waals surface area (Å²) in [5.74, 6) is -0.0585. The normalized spacial score (nSPS) is 12.2. The molecular formula is C17H19BrN2O2S. The number of nitrogens with zero attached hydrogens (tertiary/aromatic N) is 1. The largest absolute Gasteiger partial charge is 0.325 e. The molecule has 1 heterocycles. The minimum Gasteiger partial charge on any atom is -0.325 e. The van der Waals surface area contributed by atoms with Gasteiger partial charge in [-0.1, -0.05) is 0 Å². The lowest BCUT2D eigenvalue weighted by molar-refractivity contribution is -0.120.